The molecule has 1 N–H and O–H groups in total. The Balaban J connectivity index is 2.22. The van der Waals surface area contributed by atoms with Crippen molar-refractivity contribution < 1.29 is 0 Å². The van der Waals surface area contributed by atoms with Crippen molar-refractivity contribution in [3.8, 4) is 0 Å². The first-order chi connectivity index (χ1) is 9.70. The molecule has 1 unspecified atom stereocenters. The number of nitrogens with zero attached hydrogens (tertiary/aromatic N) is 1. The van der Waals surface area contributed by atoms with Crippen LogP contribution in [0.25, 0.3) is 0 Å². The van der Waals surface area contributed by atoms with E-state index in [4.69, 9.17) is 11.6 Å². The predicted molar refractivity (Wildman–Crippen MR) is 85.2 cm³/mol. The van der Waals surface area contributed by atoms with Gasteiger partial charge < -0.3 is 5.32 Å². The minimum absolute atomic E-state index is 0.231. The monoisotopic (exact) mass is 288 g/mol. The fourth-order valence-corrected chi connectivity index (χ4v) is 2.56. The van der Waals surface area contributed by atoms with Gasteiger partial charge >= 0.3 is 0 Å². The molecule has 1 heterocycles. The molecule has 0 amide bonds. The minimum atomic E-state index is 0.231. The first-order valence-electron chi connectivity index (χ1n) is 7.10. The largest absolute Gasteiger partial charge is 0.308 e. The topological polar surface area (TPSA) is 24.9 Å². The SMILES string of the molecule is CCCNC(Cc1cccc(Cl)c1)c1ncccc1C. The summed E-state index contributed by atoms with van der Waals surface area (Å²) in [5.74, 6) is 0. The van der Waals surface area contributed by atoms with Crippen molar-refractivity contribution in [1.29, 1.82) is 0 Å². The van der Waals surface area contributed by atoms with E-state index in [2.05, 4.69) is 36.3 Å². The summed E-state index contributed by atoms with van der Waals surface area (Å²) in [5, 5.41) is 4.38. The Hall–Kier alpha value is -1.38. The van der Waals surface area contributed by atoms with Gasteiger partial charge in [0.2, 0.25) is 0 Å². The van der Waals surface area contributed by atoms with Crippen molar-refractivity contribution in [2.45, 2.75) is 32.7 Å². The molecule has 3 heteroatoms. The van der Waals surface area contributed by atoms with E-state index >= 15 is 0 Å². The van der Waals surface area contributed by atoms with Crippen LogP contribution in [-0.4, -0.2) is 11.5 Å². The smallest absolute Gasteiger partial charge is 0.0605 e. The molecule has 106 valence electrons. The quantitative estimate of drug-likeness (QED) is 0.856. The number of hydrogen-bond acceptors (Lipinski definition) is 2. The van der Waals surface area contributed by atoms with Gasteiger partial charge in [0.25, 0.3) is 0 Å². The molecule has 0 saturated heterocycles. The Morgan fingerprint density at radius 2 is 2.10 bits per heavy atom. The zero-order valence-corrected chi connectivity index (χ0v) is 12.8. The van der Waals surface area contributed by atoms with Gasteiger partial charge in [-0.15, -0.1) is 0 Å². The molecule has 1 atom stereocenters. The highest BCUT2D eigenvalue weighted by Crippen LogP contribution is 2.21. The molecule has 0 spiro atoms. The van der Waals surface area contributed by atoms with Crippen LogP contribution < -0.4 is 5.32 Å². The molecular formula is C17H21ClN2. The lowest BCUT2D eigenvalue weighted by molar-refractivity contribution is 0.515. The molecule has 1 aromatic heterocycles. The number of hydrogen-bond donors (Lipinski definition) is 1. The summed E-state index contributed by atoms with van der Waals surface area (Å²) >= 11 is 6.07. The van der Waals surface area contributed by atoms with Gasteiger partial charge in [-0.1, -0.05) is 36.7 Å². The van der Waals surface area contributed by atoms with E-state index in [0.29, 0.717) is 0 Å². The Bertz CT molecular complexity index is 554. The van der Waals surface area contributed by atoms with Crippen LogP contribution >= 0.6 is 11.6 Å². The van der Waals surface area contributed by atoms with Crippen LogP contribution in [0.1, 0.15) is 36.2 Å². The van der Waals surface area contributed by atoms with Gasteiger partial charge in [-0.25, -0.2) is 0 Å². The summed E-state index contributed by atoms with van der Waals surface area (Å²) in [7, 11) is 0. The van der Waals surface area contributed by atoms with Gasteiger partial charge in [-0.2, -0.15) is 0 Å². The maximum absolute atomic E-state index is 6.07. The van der Waals surface area contributed by atoms with Crippen molar-refractivity contribution in [2.75, 3.05) is 6.54 Å². The molecule has 1 aromatic carbocycles. The predicted octanol–water partition coefficient (Wildman–Crippen LogP) is 4.33. The maximum Gasteiger partial charge on any atom is 0.0605 e. The van der Waals surface area contributed by atoms with E-state index in [0.717, 1.165) is 30.1 Å². The summed E-state index contributed by atoms with van der Waals surface area (Å²) in [4.78, 5) is 4.55. The van der Waals surface area contributed by atoms with E-state index in [1.807, 2.05) is 30.5 Å². The fraction of sp³-hybridized carbons (Fsp3) is 0.353. The van der Waals surface area contributed by atoms with E-state index < -0.39 is 0 Å². The first-order valence-corrected chi connectivity index (χ1v) is 7.48. The van der Waals surface area contributed by atoms with Crippen molar-refractivity contribution in [1.82, 2.24) is 10.3 Å². The third kappa shape index (κ3) is 4.06. The third-order valence-electron chi connectivity index (χ3n) is 3.35. The normalized spacial score (nSPS) is 12.3. The molecule has 0 aliphatic rings. The highest BCUT2D eigenvalue weighted by molar-refractivity contribution is 6.30. The van der Waals surface area contributed by atoms with Gasteiger partial charge in [-0.3, -0.25) is 4.98 Å². The van der Waals surface area contributed by atoms with Gasteiger partial charge in [0.05, 0.1) is 11.7 Å². The van der Waals surface area contributed by atoms with E-state index in [-0.39, 0.29) is 6.04 Å². The van der Waals surface area contributed by atoms with Crippen molar-refractivity contribution in [3.63, 3.8) is 0 Å². The zero-order valence-electron chi connectivity index (χ0n) is 12.1. The number of halogens is 1. The van der Waals surface area contributed by atoms with Crippen LogP contribution in [0.15, 0.2) is 42.6 Å². The Kier molecular flexibility index (Phi) is 5.57. The van der Waals surface area contributed by atoms with Crippen molar-refractivity contribution in [3.05, 3.63) is 64.4 Å². The van der Waals surface area contributed by atoms with Crippen molar-refractivity contribution >= 4 is 11.6 Å². The molecule has 0 aliphatic heterocycles. The van der Waals surface area contributed by atoms with Gasteiger partial charge in [0.1, 0.15) is 0 Å². The van der Waals surface area contributed by atoms with E-state index in [1.54, 1.807) is 0 Å². The zero-order chi connectivity index (χ0) is 14.4. The average molecular weight is 289 g/mol. The van der Waals surface area contributed by atoms with Crippen LogP contribution in [0.2, 0.25) is 5.02 Å². The summed E-state index contributed by atoms with van der Waals surface area (Å²) in [6, 6.07) is 12.4. The lowest BCUT2D eigenvalue weighted by atomic mass is 10.00. The van der Waals surface area contributed by atoms with E-state index in [9.17, 15) is 0 Å². The standard InChI is InChI=1S/C17H21ClN2/c1-3-9-19-16(17-13(2)6-5-10-20-17)12-14-7-4-8-15(18)11-14/h4-8,10-11,16,19H,3,9,12H2,1-2H3. The van der Waals surface area contributed by atoms with Gasteiger partial charge in [-0.05, 0) is 55.6 Å². The second kappa shape index (κ2) is 7.41. The van der Waals surface area contributed by atoms with E-state index in [1.165, 1.54) is 11.1 Å². The molecular weight excluding hydrogens is 268 g/mol. The molecule has 0 radical (unpaired) electrons. The Morgan fingerprint density at radius 3 is 2.80 bits per heavy atom. The molecule has 20 heavy (non-hydrogen) atoms. The number of nitrogens with one attached hydrogen (secondary N) is 1. The molecule has 0 aliphatic carbocycles. The molecule has 0 saturated carbocycles. The highest BCUT2D eigenvalue weighted by atomic mass is 35.5. The van der Waals surface area contributed by atoms with Crippen LogP contribution in [0.3, 0.4) is 0 Å². The molecule has 0 bridgehead atoms. The van der Waals surface area contributed by atoms with Gasteiger partial charge in [0.15, 0.2) is 0 Å². The van der Waals surface area contributed by atoms with Crippen LogP contribution in [0.5, 0.6) is 0 Å². The van der Waals surface area contributed by atoms with Crippen LogP contribution in [-0.2, 0) is 6.42 Å². The molecule has 0 fully saturated rings. The summed E-state index contributed by atoms with van der Waals surface area (Å²) < 4.78 is 0. The second-order valence-electron chi connectivity index (χ2n) is 5.05. The minimum Gasteiger partial charge on any atom is -0.308 e. The Morgan fingerprint density at radius 1 is 1.25 bits per heavy atom. The number of aromatic nitrogens is 1. The molecule has 2 aromatic rings. The summed E-state index contributed by atoms with van der Waals surface area (Å²) in [6.45, 7) is 5.27. The van der Waals surface area contributed by atoms with Crippen LogP contribution in [0, 0.1) is 6.92 Å². The fourth-order valence-electron chi connectivity index (χ4n) is 2.35. The first kappa shape index (κ1) is 15.0. The third-order valence-corrected chi connectivity index (χ3v) is 3.58. The lowest BCUT2D eigenvalue weighted by Crippen LogP contribution is -2.25. The average Bonchev–Trinajstić information content (AvgIpc) is 2.44. The summed E-state index contributed by atoms with van der Waals surface area (Å²) in [6.07, 6.45) is 3.87. The lowest BCUT2D eigenvalue weighted by Gasteiger charge is -2.20. The number of aryl methyl sites for hydroxylation is 1. The second-order valence-corrected chi connectivity index (χ2v) is 5.48. The Labute approximate surface area is 126 Å². The highest BCUT2D eigenvalue weighted by Gasteiger charge is 2.15. The van der Waals surface area contributed by atoms with Crippen LogP contribution in [0.4, 0.5) is 0 Å². The number of benzene rings is 1. The maximum atomic E-state index is 6.07. The number of pyridine rings is 1. The van der Waals surface area contributed by atoms with Crippen molar-refractivity contribution in [2.24, 2.45) is 0 Å². The summed E-state index contributed by atoms with van der Waals surface area (Å²) in [5.41, 5.74) is 3.58. The number of rotatable bonds is 6. The van der Waals surface area contributed by atoms with Gasteiger partial charge in [0, 0.05) is 11.2 Å². The molecule has 2 nitrogen and oxygen atoms in total. The molecule has 2 rings (SSSR count).